The molecular formula is C26H29F3N4O. The van der Waals surface area contributed by atoms with E-state index in [9.17, 15) is 18.0 Å². The van der Waals surface area contributed by atoms with Gasteiger partial charge in [-0.3, -0.25) is 9.56 Å². The number of likely N-dealkylation sites (tertiary alicyclic amines) is 1. The third kappa shape index (κ3) is 5.06. The molecule has 1 aromatic heterocycles. The highest BCUT2D eigenvalue weighted by Crippen LogP contribution is 2.59. The zero-order valence-electron chi connectivity index (χ0n) is 19.3. The number of halogens is 3. The van der Waals surface area contributed by atoms with E-state index in [0.29, 0.717) is 29.6 Å². The second kappa shape index (κ2) is 9.33. The third-order valence-electron chi connectivity index (χ3n) is 6.77. The zero-order valence-corrected chi connectivity index (χ0v) is 19.3. The molecule has 5 nitrogen and oxygen atoms in total. The molecule has 34 heavy (non-hydrogen) atoms. The monoisotopic (exact) mass is 470 g/mol. The Morgan fingerprint density at radius 3 is 2.56 bits per heavy atom. The van der Waals surface area contributed by atoms with Crippen molar-refractivity contribution >= 4 is 5.71 Å². The Balaban J connectivity index is 1.27. The van der Waals surface area contributed by atoms with Gasteiger partial charge in [-0.15, -0.1) is 0 Å². The number of aryl methyl sites for hydroxylation is 1. The van der Waals surface area contributed by atoms with E-state index in [2.05, 4.69) is 28.0 Å². The largest absolute Gasteiger partial charge is 0.416 e. The summed E-state index contributed by atoms with van der Waals surface area (Å²) >= 11 is 0. The summed E-state index contributed by atoms with van der Waals surface area (Å²) in [6, 6.07) is 7.44. The normalized spacial score (nSPS) is 22.5. The fourth-order valence-corrected chi connectivity index (χ4v) is 4.97. The summed E-state index contributed by atoms with van der Waals surface area (Å²) in [7, 11) is 0. The molecule has 1 aliphatic heterocycles. The molecule has 1 saturated carbocycles. The van der Waals surface area contributed by atoms with Crippen LogP contribution >= 0.6 is 0 Å². The van der Waals surface area contributed by atoms with Gasteiger partial charge < -0.3 is 4.90 Å². The van der Waals surface area contributed by atoms with Crippen LogP contribution in [0.25, 0.3) is 0 Å². The predicted molar refractivity (Wildman–Crippen MR) is 127 cm³/mol. The molecule has 2 aliphatic rings. The predicted octanol–water partition coefficient (Wildman–Crippen LogP) is 4.82. The summed E-state index contributed by atoms with van der Waals surface area (Å²) in [5, 5.41) is 0. The van der Waals surface area contributed by atoms with Crippen molar-refractivity contribution in [1.29, 1.82) is 0 Å². The minimum absolute atomic E-state index is 0.00895. The van der Waals surface area contributed by atoms with Crippen LogP contribution in [0.15, 0.2) is 71.2 Å². The summed E-state index contributed by atoms with van der Waals surface area (Å²) in [5.41, 5.74) is 1.71. The Bertz CT molecular complexity index is 1170. The molecule has 180 valence electrons. The molecule has 0 radical (unpaired) electrons. The van der Waals surface area contributed by atoms with Crippen molar-refractivity contribution in [3.05, 3.63) is 88.8 Å². The second-order valence-corrected chi connectivity index (χ2v) is 9.30. The first kappa shape index (κ1) is 24.1. The Kier molecular flexibility index (Phi) is 6.62. The molecule has 4 rings (SSSR count). The van der Waals surface area contributed by atoms with Gasteiger partial charge >= 0.3 is 11.9 Å². The average molecular weight is 471 g/mol. The lowest BCUT2D eigenvalue weighted by molar-refractivity contribution is -0.137. The van der Waals surface area contributed by atoms with Gasteiger partial charge in [0.05, 0.1) is 17.0 Å². The minimum atomic E-state index is -4.30. The molecule has 1 saturated heterocycles. The van der Waals surface area contributed by atoms with E-state index < -0.39 is 11.7 Å². The number of unbranched alkanes of at least 4 members (excludes halogenated alkanes) is 1. The molecule has 0 spiro atoms. The minimum Gasteiger partial charge on any atom is -0.302 e. The van der Waals surface area contributed by atoms with Crippen LogP contribution in [0.3, 0.4) is 0 Å². The lowest BCUT2D eigenvalue weighted by Gasteiger charge is -2.21. The summed E-state index contributed by atoms with van der Waals surface area (Å²) in [6.45, 7) is 12.6. The number of fused-ring (bicyclic) bond motifs is 1. The Hall–Kier alpha value is -3.00. The van der Waals surface area contributed by atoms with Gasteiger partial charge in [0.25, 0.3) is 0 Å². The fourth-order valence-electron chi connectivity index (χ4n) is 4.97. The van der Waals surface area contributed by atoms with Crippen LogP contribution in [0.4, 0.5) is 13.2 Å². The lowest BCUT2D eigenvalue weighted by atomic mass is 9.94. The van der Waals surface area contributed by atoms with Crippen LogP contribution in [0.2, 0.25) is 0 Å². The maximum Gasteiger partial charge on any atom is 0.416 e. The van der Waals surface area contributed by atoms with Crippen molar-refractivity contribution in [3.63, 3.8) is 0 Å². The van der Waals surface area contributed by atoms with Crippen LogP contribution in [0.1, 0.15) is 43.0 Å². The molecule has 1 aromatic carbocycles. The second-order valence-electron chi connectivity index (χ2n) is 9.30. The summed E-state index contributed by atoms with van der Waals surface area (Å²) in [6.07, 6.45) is 1.79. The van der Waals surface area contributed by atoms with Gasteiger partial charge in [-0.05, 0) is 68.5 Å². The molecule has 2 heterocycles. The number of hydrogen-bond donors (Lipinski definition) is 0. The maximum atomic E-state index is 12.9. The van der Waals surface area contributed by atoms with Gasteiger partial charge in [-0.1, -0.05) is 25.3 Å². The van der Waals surface area contributed by atoms with Crippen LogP contribution < -0.4 is 5.69 Å². The number of rotatable bonds is 9. The number of aromatic nitrogens is 2. The summed E-state index contributed by atoms with van der Waals surface area (Å²) in [4.78, 5) is 23.1. The highest BCUT2D eigenvalue weighted by Gasteiger charge is 2.60. The van der Waals surface area contributed by atoms with E-state index in [-0.39, 0.29) is 11.1 Å². The Morgan fingerprint density at radius 2 is 1.94 bits per heavy atom. The number of nitrogens with zero attached hydrogens (tertiary/aromatic N) is 4. The van der Waals surface area contributed by atoms with Crippen molar-refractivity contribution in [2.45, 2.75) is 44.3 Å². The number of hydrogen-bond acceptors (Lipinski definition) is 4. The van der Waals surface area contributed by atoms with Gasteiger partial charge in [-0.2, -0.15) is 18.2 Å². The van der Waals surface area contributed by atoms with Crippen LogP contribution in [-0.2, 0) is 18.1 Å². The summed E-state index contributed by atoms with van der Waals surface area (Å²) < 4.78 is 40.2. The van der Waals surface area contributed by atoms with E-state index in [4.69, 9.17) is 0 Å². The van der Waals surface area contributed by atoms with Crippen LogP contribution in [-0.4, -0.2) is 39.8 Å². The number of piperidine rings is 1. The highest BCUT2D eigenvalue weighted by molar-refractivity contribution is 6.07. The van der Waals surface area contributed by atoms with Gasteiger partial charge in [0.15, 0.2) is 0 Å². The van der Waals surface area contributed by atoms with E-state index in [0.717, 1.165) is 44.5 Å². The summed E-state index contributed by atoms with van der Waals surface area (Å²) in [5.74, 6) is 0.517. The molecule has 2 fully saturated rings. The first-order chi connectivity index (χ1) is 16.1. The molecule has 1 aliphatic carbocycles. The smallest absolute Gasteiger partial charge is 0.302 e. The number of alkyl halides is 3. The number of aliphatic imine (C=N–C) groups is 1. The quantitative estimate of drug-likeness (QED) is 0.390. The van der Waals surface area contributed by atoms with E-state index >= 15 is 0 Å². The SMILES string of the molecule is C=CC(=NC(=C)C)c1ccn(CCCCN2CC3C[C@]3(c3ccc(C(F)(F)F)cc3)C2)c(=O)n1. The highest BCUT2D eigenvalue weighted by atomic mass is 19.4. The van der Waals surface area contributed by atoms with Crippen molar-refractivity contribution in [2.24, 2.45) is 10.9 Å². The lowest BCUT2D eigenvalue weighted by Crippen LogP contribution is -2.28. The van der Waals surface area contributed by atoms with Crippen LogP contribution in [0, 0.1) is 5.92 Å². The van der Waals surface area contributed by atoms with Crippen molar-refractivity contribution in [3.8, 4) is 0 Å². The van der Waals surface area contributed by atoms with E-state index in [1.807, 2.05) is 0 Å². The molecule has 1 unspecified atom stereocenters. The third-order valence-corrected chi connectivity index (χ3v) is 6.77. The van der Waals surface area contributed by atoms with Gasteiger partial charge in [-0.25, -0.2) is 4.79 Å². The first-order valence-electron chi connectivity index (χ1n) is 11.5. The van der Waals surface area contributed by atoms with Gasteiger partial charge in [0.2, 0.25) is 0 Å². The Morgan fingerprint density at radius 1 is 1.24 bits per heavy atom. The van der Waals surface area contributed by atoms with Gasteiger partial charge in [0, 0.05) is 36.9 Å². The average Bonchev–Trinajstić information content (AvgIpc) is 3.36. The van der Waals surface area contributed by atoms with Crippen molar-refractivity contribution < 1.29 is 13.2 Å². The van der Waals surface area contributed by atoms with Crippen molar-refractivity contribution in [2.75, 3.05) is 19.6 Å². The fraction of sp³-hybridized carbons (Fsp3) is 0.423. The van der Waals surface area contributed by atoms with E-state index in [1.54, 1.807) is 42.0 Å². The Labute approximate surface area is 197 Å². The topological polar surface area (TPSA) is 50.5 Å². The van der Waals surface area contributed by atoms with E-state index in [1.165, 1.54) is 12.1 Å². The van der Waals surface area contributed by atoms with Gasteiger partial charge in [0.1, 0.15) is 0 Å². The number of allylic oxidation sites excluding steroid dienone is 2. The zero-order chi connectivity index (χ0) is 24.5. The molecule has 2 atom stereocenters. The maximum absolute atomic E-state index is 12.9. The molecule has 0 amide bonds. The molecule has 0 bridgehead atoms. The molecule has 0 N–H and O–H groups in total. The standard InChI is InChI=1S/C26H29F3N4O/c1-4-22(30-18(2)3)23-11-14-33(24(34)31-23)13-6-5-12-32-16-21-15-25(21,17-32)19-7-9-20(10-8-19)26(27,28)29/h4,7-11,14,21H,1-2,5-6,12-13,15-17H2,3H3/t21?,25-/m1/s1. The molecular weight excluding hydrogens is 441 g/mol. The first-order valence-corrected chi connectivity index (χ1v) is 11.5. The molecule has 8 heteroatoms. The van der Waals surface area contributed by atoms with Crippen LogP contribution in [0.5, 0.6) is 0 Å². The van der Waals surface area contributed by atoms with Crippen molar-refractivity contribution in [1.82, 2.24) is 14.5 Å². The molecule has 2 aromatic rings. The number of benzene rings is 1.